The summed E-state index contributed by atoms with van der Waals surface area (Å²) in [5.74, 6) is 0.281. The molecule has 0 spiro atoms. The van der Waals surface area contributed by atoms with Crippen LogP contribution in [0.3, 0.4) is 0 Å². The van der Waals surface area contributed by atoms with Crippen molar-refractivity contribution >= 4 is 21.8 Å². The van der Waals surface area contributed by atoms with Crippen molar-refractivity contribution in [2.75, 3.05) is 13.7 Å². The molecule has 1 aromatic rings. The van der Waals surface area contributed by atoms with Crippen molar-refractivity contribution in [1.29, 1.82) is 0 Å². The third-order valence-electron chi connectivity index (χ3n) is 3.12. The van der Waals surface area contributed by atoms with Crippen molar-refractivity contribution in [2.24, 2.45) is 0 Å². The van der Waals surface area contributed by atoms with Crippen LogP contribution < -0.4 is 15.4 Å². The lowest BCUT2D eigenvalue weighted by Crippen LogP contribution is -2.35. The fraction of sp³-hybridized carbons (Fsp3) is 0.462. The smallest absolute Gasteiger partial charge is 0.220 e. The van der Waals surface area contributed by atoms with E-state index in [0.29, 0.717) is 35.3 Å². The van der Waals surface area contributed by atoms with Crippen molar-refractivity contribution in [3.05, 3.63) is 28.0 Å². The minimum atomic E-state index is -0.311. The van der Waals surface area contributed by atoms with Crippen LogP contribution in [-0.2, 0) is 11.3 Å². The molecule has 1 amide bonds. The van der Waals surface area contributed by atoms with E-state index in [2.05, 4.69) is 26.6 Å². The highest BCUT2D eigenvalue weighted by molar-refractivity contribution is 9.10. The van der Waals surface area contributed by atoms with Gasteiger partial charge in [-0.25, -0.2) is 4.39 Å². The Kier molecular flexibility index (Phi) is 4.76. The van der Waals surface area contributed by atoms with Gasteiger partial charge in [-0.3, -0.25) is 4.79 Å². The van der Waals surface area contributed by atoms with Crippen molar-refractivity contribution in [1.82, 2.24) is 10.6 Å². The molecule has 104 valence electrons. The summed E-state index contributed by atoms with van der Waals surface area (Å²) in [6.07, 6.45) is 1.40. The minimum Gasteiger partial charge on any atom is -0.496 e. The number of carbonyl (C=O) groups is 1. The summed E-state index contributed by atoms with van der Waals surface area (Å²) in [5, 5.41) is 6.01. The fourth-order valence-corrected chi connectivity index (χ4v) is 2.54. The van der Waals surface area contributed by atoms with E-state index < -0.39 is 0 Å². The average molecular weight is 331 g/mol. The lowest BCUT2D eigenvalue weighted by molar-refractivity contribution is -0.119. The summed E-state index contributed by atoms with van der Waals surface area (Å²) >= 11 is 3.23. The molecule has 0 unspecified atom stereocenters. The largest absolute Gasteiger partial charge is 0.496 e. The van der Waals surface area contributed by atoms with Gasteiger partial charge in [0.15, 0.2) is 0 Å². The van der Waals surface area contributed by atoms with Gasteiger partial charge in [0.2, 0.25) is 5.91 Å². The van der Waals surface area contributed by atoms with Gasteiger partial charge in [-0.2, -0.15) is 0 Å². The number of carbonyl (C=O) groups excluding carboxylic acids is 1. The number of rotatable bonds is 5. The molecule has 1 aliphatic heterocycles. The maximum absolute atomic E-state index is 13.8. The maximum atomic E-state index is 13.8. The van der Waals surface area contributed by atoms with Crippen LogP contribution in [0.5, 0.6) is 5.75 Å². The zero-order chi connectivity index (χ0) is 13.8. The number of nitrogens with one attached hydrogen (secondary N) is 2. The van der Waals surface area contributed by atoms with Gasteiger partial charge in [0, 0.05) is 35.6 Å². The van der Waals surface area contributed by atoms with Crippen LogP contribution in [0.15, 0.2) is 16.6 Å². The van der Waals surface area contributed by atoms with Gasteiger partial charge in [0.25, 0.3) is 0 Å². The first-order valence-electron chi connectivity index (χ1n) is 6.12. The number of hydrogen-bond donors (Lipinski definition) is 2. The molecule has 2 rings (SSSR count). The molecule has 2 N–H and O–H groups in total. The zero-order valence-electron chi connectivity index (χ0n) is 10.6. The summed E-state index contributed by atoms with van der Waals surface area (Å²) in [4.78, 5) is 11.1. The van der Waals surface area contributed by atoms with Gasteiger partial charge >= 0.3 is 0 Å². The van der Waals surface area contributed by atoms with Gasteiger partial charge in [-0.05, 0) is 18.6 Å². The fourth-order valence-electron chi connectivity index (χ4n) is 2.14. The molecule has 19 heavy (non-hydrogen) atoms. The molecule has 1 fully saturated rings. The number of benzene rings is 1. The summed E-state index contributed by atoms with van der Waals surface area (Å²) < 4.78 is 19.7. The van der Waals surface area contributed by atoms with Gasteiger partial charge in [-0.15, -0.1) is 0 Å². The van der Waals surface area contributed by atoms with E-state index in [-0.39, 0.29) is 17.8 Å². The summed E-state index contributed by atoms with van der Waals surface area (Å²) in [7, 11) is 1.52. The molecule has 0 bridgehead atoms. The summed E-state index contributed by atoms with van der Waals surface area (Å²) in [6, 6.07) is 3.28. The van der Waals surface area contributed by atoms with Crippen LogP contribution >= 0.6 is 15.9 Å². The molecular formula is C13H16BrFN2O2. The Bertz CT molecular complexity index is 482. The predicted octanol–water partition coefficient (Wildman–Crippen LogP) is 1.96. The standard InChI is InChI=1S/C13H16BrFN2O2/c1-19-12-5-8(14)4-11(15)10(12)7-16-6-9-2-3-13(18)17-9/h4-5,9,16H,2-3,6-7H2,1H3,(H,17,18)/t9-/m0/s1. The third-order valence-corrected chi connectivity index (χ3v) is 3.57. The number of ether oxygens (including phenoxy) is 1. The first kappa shape index (κ1) is 14.3. The second-order valence-electron chi connectivity index (χ2n) is 4.50. The van der Waals surface area contributed by atoms with Crippen molar-refractivity contribution < 1.29 is 13.9 Å². The molecule has 1 heterocycles. The van der Waals surface area contributed by atoms with E-state index in [1.807, 2.05) is 0 Å². The van der Waals surface area contributed by atoms with Crippen molar-refractivity contribution in [3.63, 3.8) is 0 Å². The lowest BCUT2D eigenvalue weighted by atomic mass is 10.1. The van der Waals surface area contributed by atoms with Gasteiger partial charge in [0.1, 0.15) is 11.6 Å². The van der Waals surface area contributed by atoms with Gasteiger partial charge in [0.05, 0.1) is 7.11 Å². The van der Waals surface area contributed by atoms with E-state index in [9.17, 15) is 9.18 Å². The van der Waals surface area contributed by atoms with Crippen LogP contribution in [0.4, 0.5) is 4.39 Å². The minimum absolute atomic E-state index is 0.0826. The third kappa shape index (κ3) is 3.67. The van der Waals surface area contributed by atoms with E-state index >= 15 is 0 Å². The quantitative estimate of drug-likeness (QED) is 0.867. The van der Waals surface area contributed by atoms with Crippen LogP contribution in [0.25, 0.3) is 0 Å². The molecule has 0 aromatic heterocycles. The molecule has 4 nitrogen and oxygen atoms in total. The number of amides is 1. The molecule has 0 radical (unpaired) electrons. The van der Waals surface area contributed by atoms with Gasteiger partial charge in [-0.1, -0.05) is 15.9 Å². The maximum Gasteiger partial charge on any atom is 0.220 e. The SMILES string of the molecule is COc1cc(Br)cc(F)c1CNC[C@@H]1CCC(=O)N1. The first-order chi connectivity index (χ1) is 9.10. The summed E-state index contributed by atoms with van der Waals surface area (Å²) in [6.45, 7) is 0.999. The molecular weight excluding hydrogens is 315 g/mol. The highest BCUT2D eigenvalue weighted by atomic mass is 79.9. The highest BCUT2D eigenvalue weighted by Crippen LogP contribution is 2.26. The Morgan fingerprint density at radius 2 is 2.37 bits per heavy atom. The monoisotopic (exact) mass is 330 g/mol. The molecule has 1 atom stereocenters. The number of methoxy groups -OCH3 is 1. The normalized spacial score (nSPS) is 18.5. The van der Waals surface area contributed by atoms with Crippen LogP contribution in [-0.4, -0.2) is 25.6 Å². The van der Waals surface area contributed by atoms with E-state index in [0.717, 1.165) is 6.42 Å². The predicted molar refractivity (Wildman–Crippen MR) is 73.5 cm³/mol. The molecule has 6 heteroatoms. The van der Waals surface area contributed by atoms with Crippen LogP contribution in [0.1, 0.15) is 18.4 Å². The molecule has 0 aliphatic carbocycles. The van der Waals surface area contributed by atoms with Crippen molar-refractivity contribution in [2.45, 2.75) is 25.4 Å². The molecule has 1 saturated heterocycles. The Hall–Kier alpha value is -1.14. The second kappa shape index (κ2) is 6.34. The number of halogens is 2. The molecule has 0 saturated carbocycles. The Labute approximate surface area is 119 Å². The Morgan fingerprint density at radius 3 is 3.00 bits per heavy atom. The molecule has 1 aromatic carbocycles. The first-order valence-corrected chi connectivity index (χ1v) is 6.91. The second-order valence-corrected chi connectivity index (χ2v) is 5.42. The van der Waals surface area contributed by atoms with Gasteiger partial charge < -0.3 is 15.4 Å². The molecule has 1 aliphatic rings. The average Bonchev–Trinajstić information content (AvgIpc) is 2.77. The van der Waals surface area contributed by atoms with E-state index in [4.69, 9.17) is 4.74 Å². The Balaban J connectivity index is 1.93. The summed E-state index contributed by atoms with van der Waals surface area (Å²) in [5.41, 5.74) is 0.495. The van der Waals surface area contributed by atoms with Crippen LogP contribution in [0.2, 0.25) is 0 Å². The Morgan fingerprint density at radius 1 is 1.58 bits per heavy atom. The number of hydrogen-bond acceptors (Lipinski definition) is 3. The van der Waals surface area contributed by atoms with E-state index in [1.165, 1.54) is 13.2 Å². The lowest BCUT2D eigenvalue weighted by Gasteiger charge is -2.14. The highest BCUT2D eigenvalue weighted by Gasteiger charge is 2.20. The van der Waals surface area contributed by atoms with Crippen LogP contribution in [0, 0.1) is 5.82 Å². The van der Waals surface area contributed by atoms with E-state index in [1.54, 1.807) is 6.07 Å². The van der Waals surface area contributed by atoms with Crippen molar-refractivity contribution in [3.8, 4) is 5.75 Å². The zero-order valence-corrected chi connectivity index (χ0v) is 12.2. The topological polar surface area (TPSA) is 50.4 Å².